The Bertz CT molecular complexity index is 125. The summed E-state index contributed by atoms with van der Waals surface area (Å²) < 4.78 is 0. The molecule has 0 saturated carbocycles. The fourth-order valence-electron chi connectivity index (χ4n) is 0.957. The van der Waals surface area contributed by atoms with Gasteiger partial charge in [-0.2, -0.15) is 0 Å². The first-order valence-electron chi connectivity index (χ1n) is 3.95. The first kappa shape index (κ1) is 10.4. The lowest BCUT2D eigenvalue weighted by Crippen LogP contribution is -2.30. The fraction of sp³-hybridized carbons (Fsp3) is 0.875. The van der Waals surface area contributed by atoms with Crippen LogP contribution in [0.2, 0.25) is 0 Å². The standard InChI is InChI=1S/C8H17NO2/c1-5-6-7(2)8(10)9(3)11-4/h7H,5-6H2,1-4H3. The van der Waals surface area contributed by atoms with Gasteiger partial charge in [0.25, 0.3) is 0 Å². The molecule has 1 amide bonds. The maximum atomic E-state index is 11.3. The van der Waals surface area contributed by atoms with Gasteiger partial charge >= 0.3 is 0 Å². The largest absolute Gasteiger partial charge is 0.275 e. The summed E-state index contributed by atoms with van der Waals surface area (Å²) in [6, 6.07) is 0. The SMILES string of the molecule is CCCC(C)C(=O)N(C)OC. The average Bonchev–Trinajstić information content (AvgIpc) is 2.02. The minimum Gasteiger partial charge on any atom is -0.275 e. The zero-order valence-corrected chi connectivity index (χ0v) is 7.76. The molecule has 3 nitrogen and oxygen atoms in total. The van der Waals surface area contributed by atoms with Crippen molar-refractivity contribution in [2.45, 2.75) is 26.7 Å². The molecule has 3 heteroatoms. The molecule has 11 heavy (non-hydrogen) atoms. The topological polar surface area (TPSA) is 29.5 Å². The highest BCUT2D eigenvalue weighted by Gasteiger charge is 2.15. The monoisotopic (exact) mass is 159 g/mol. The van der Waals surface area contributed by atoms with E-state index in [9.17, 15) is 4.79 Å². The molecule has 0 fully saturated rings. The molecular weight excluding hydrogens is 142 g/mol. The molecule has 0 rings (SSSR count). The minimum absolute atomic E-state index is 0.0503. The van der Waals surface area contributed by atoms with Crippen LogP contribution in [0.15, 0.2) is 0 Å². The van der Waals surface area contributed by atoms with E-state index in [0.717, 1.165) is 12.8 Å². The number of hydrogen-bond donors (Lipinski definition) is 0. The summed E-state index contributed by atoms with van der Waals surface area (Å²) in [4.78, 5) is 16.0. The minimum atomic E-state index is 0.0503. The van der Waals surface area contributed by atoms with Crippen molar-refractivity contribution in [3.05, 3.63) is 0 Å². The normalized spacial score (nSPS) is 12.7. The zero-order valence-electron chi connectivity index (χ0n) is 7.76. The molecule has 0 bridgehead atoms. The maximum absolute atomic E-state index is 11.3. The van der Waals surface area contributed by atoms with Crippen LogP contribution >= 0.6 is 0 Å². The van der Waals surface area contributed by atoms with Crippen LogP contribution in [0, 0.1) is 5.92 Å². The number of hydroxylamine groups is 2. The van der Waals surface area contributed by atoms with Crippen molar-refractivity contribution in [3.63, 3.8) is 0 Å². The van der Waals surface area contributed by atoms with E-state index >= 15 is 0 Å². The zero-order chi connectivity index (χ0) is 8.85. The van der Waals surface area contributed by atoms with Crippen LogP contribution in [-0.4, -0.2) is 25.1 Å². The molecule has 0 spiro atoms. The fourth-order valence-corrected chi connectivity index (χ4v) is 0.957. The summed E-state index contributed by atoms with van der Waals surface area (Å²) in [7, 11) is 3.13. The van der Waals surface area contributed by atoms with E-state index in [2.05, 4.69) is 6.92 Å². The quantitative estimate of drug-likeness (QED) is 0.581. The number of rotatable bonds is 4. The summed E-state index contributed by atoms with van der Waals surface area (Å²) >= 11 is 0. The van der Waals surface area contributed by atoms with Crippen molar-refractivity contribution in [1.82, 2.24) is 5.06 Å². The van der Waals surface area contributed by atoms with Crippen LogP contribution < -0.4 is 0 Å². The van der Waals surface area contributed by atoms with Gasteiger partial charge in [0.05, 0.1) is 7.11 Å². The Kier molecular flexibility index (Phi) is 4.86. The van der Waals surface area contributed by atoms with Gasteiger partial charge in [-0.25, -0.2) is 5.06 Å². The van der Waals surface area contributed by atoms with Crippen molar-refractivity contribution < 1.29 is 9.63 Å². The van der Waals surface area contributed by atoms with Gasteiger partial charge in [0.2, 0.25) is 5.91 Å². The summed E-state index contributed by atoms with van der Waals surface area (Å²) in [5, 5.41) is 1.28. The lowest BCUT2D eigenvalue weighted by atomic mass is 10.1. The van der Waals surface area contributed by atoms with E-state index in [1.807, 2.05) is 6.92 Å². The molecule has 0 radical (unpaired) electrons. The van der Waals surface area contributed by atoms with Gasteiger partial charge in [-0.3, -0.25) is 9.63 Å². The van der Waals surface area contributed by atoms with Gasteiger partial charge in [0.1, 0.15) is 0 Å². The van der Waals surface area contributed by atoms with Crippen molar-refractivity contribution in [2.75, 3.05) is 14.2 Å². The molecule has 0 aliphatic carbocycles. The molecule has 0 heterocycles. The molecule has 0 saturated heterocycles. The Morgan fingerprint density at radius 3 is 2.55 bits per heavy atom. The van der Waals surface area contributed by atoms with Crippen molar-refractivity contribution in [1.29, 1.82) is 0 Å². The van der Waals surface area contributed by atoms with Crippen LogP contribution in [0.3, 0.4) is 0 Å². The van der Waals surface area contributed by atoms with Crippen molar-refractivity contribution >= 4 is 5.91 Å². The number of amides is 1. The van der Waals surface area contributed by atoms with E-state index in [-0.39, 0.29) is 11.8 Å². The molecule has 1 unspecified atom stereocenters. The highest BCUT2D eigenvalue weighted by molar-refractivity contribution is 5.77. The third kappa shape index (κ3) is 3.37. The predicted octanol–water partition coefficient (Wildman–Crippen LogP) is 1.44. The highest BCUT2D eigenvalue weighted by Crippen LogP contribution is 2.07. The molecular formula is C8H17NO2. The second-order valence-corrected chi connectivity index (χ2v) is 2.71. The first-order chi connectivity index (χ1) is 5.13. The van der Waals surface area contributed by atoms with E-state index in [4.69, 9.17) is 4.84 Å². The molecule has 1 atom stereocenters. The van der Waals surface area contributed by atoms with E-state index < -0.39 is 0 Å². The second-order valence-electron chi connectivity index (χ2n) is 2.71. The summed E-state index contributed by atoms with van der Waals surface area (Å²) in [5.74, 6) is 0.124. The van der Waals surface area contributed by atoms with Crippen molar-refractivity contribution in [2.24, 2.45) is 5.92 Å². The molecule has 0 aliphatic heterocycles. The van der Waals surface area contributed by atoms with E-state index in [1.54, 1.807) is 7.05 Å². The lowest BCUT2D eigenvalue weighted by Gasteiger charge is -2.17. The number of hydrogen-bond acceptors (Lipinski definition) is 2. The van der Waals surface area contributed by atoms with Gasteiger partial charge in [0, 0.05) is 13.0 Å². The molecule has 0 aromatic rings. The summed E-state index contributed by atoms with van der Waals surface area (Å²) in [6.07, 6.45) is 1.96. The van der Waals surface area contributed by atoms with Gasteiger partial charge in [-0.15, -0.1) is 0 Å². The molecule has 0 N–H and O–H groups in total. The third-order valence-electron chi connectivity index (χ3n) is 1.73. The Labute approximate surface area is 68.3 Å². The van der Waals surface area contributed by atoms with Crippen molar-refractivity contribution in [3.8, 4) is 0 Å². The van der Waals surface area contributed by atoms with Crippen LogP contribution in [0.25, 0.3) is 0 Å². The Morgan fingerprint density at radius 2 is 2.18 bits per heavy atom. The van der Waals surface area contributed by atoms with Gasteiger partial charge in [0.15, 0.2) is 0 Å². The number of nitrogens with zero attached hydrogens (tertiary/aromatic N) is 1. The van der Waals surface area contributed by atoms with E-state index in [1.165, 1.54) is 12.2 Å². The van der Waals surface area contributed by atoms with Gasteiger partial charge in [-0.1, -0.05) is 20.3 Å². The van der Waals surface area contributed by atoms with Crippen LogP contribution in [0.5, 0.6) is 0 Å². The Hall–Kier alpha value is -0.570. The maximum Gasteiger partial charge on any atom is 0.248 e. The lowest BCUT2D eigenvalue weighted by molar-refractivity contribution is -0.173. The highest BCUT2D eigenvalue weighted by atomic mass is 16.7. The number of carbonyl (C=O) groups excluding carboxylic acids is 1. The van der Waals surface area contributed by atoms with Crippen LogP contribution in [0.1, 0.15) is 26.7 Å². The smallest absolute Gasteiger partial charge is 0.248 e. The Balaban J connectivity index is 3.81. The Morgan fingerprint density at radius 1 is 1.64 bits per heavy atom. The average molecular weight is 159 g/mol. The molecule has 0 aromatic heterocycles. The molecule has 0 aliphatic rings. The van der Waals surface area contributed by atoms with Gasteiger partial charge < -0.3 is 0 Å². The second kappa shape index (κ2) is 5.13. The van der Waals surface area contributed by atoms with Crippen LogP contribution in [0.4, 0.5) is 0 Å². The van der Waals surface area contributed by atoms with E-state index in [0.29, 0.717) is 0 Å². The molecule has 66 valence electrons. The summed E-state index contributed by atoms with van der Waals surface area (Å²) in [6.45, 7) is 3.98. The first-order valence-corrected chi connectivity index (χ1v) is 3.95. The third-order valence-corrected chi connectivity index (χ3v) is 1.73. The summed E-state index contributed by atoms with van der Waals surface area (Å²) in [5.41, 5.74) is 0. The molecule has 0 aromatic carbocycles. The predicted molar refractivity (Wildman–Crippen MR) is 43.9 cm³/mol. The number of carbonyl (C=O) groups is 1. The van der Waals surface area contributed by atoms with Gasteiger partial charge in [-0.05, 0) is 6.42 Å². The van der Waals surface area contributed by atoms with Crippen LogP contribution in [-0.2, 0) is 9.63 Å².